The van der Waals surface area contributed by atoms with E-state index in [-0.39, 0.29) is 0 Å². The summed E-state index contributed by atoms with van der Waals surface area (Å²) in [5.41, 5.74) is 2.85. The van der Waals surface area contributed by atoms with Crippen LogP contribution in [-0.4, -0.2) is 13.1 Å². The van der Waals surface area contributed by atoms with Gasteiger partial charge in [0.25, 0.3) is 0 Å². The molecule has 1 N–H and O–H groups in total. The molecule has 1 heterocycles. The lowest BCUT2D eigenvalue weighted by atomic mass is 10.1. The number of hydrogen-bond acceptors (Lipinski definition) is 7. The lowest BCUT2D eigenvalue weighted by Crippen LogP contribution is -2.05. The molecule has 7 heteroatoms. The van der Waals surface area contributed by atoms with Crippen LogP contribution < -0.4 is 5.43 Å². The molecule has 0 aromatic heterocycles. The van der Waals surface area contributed by atoms with Gasteiger partial charge in [-0.05, 0) is 33.7 Å². The second kappa shape index (κ2) is 15.0. The number of nitrogens with zero attached hydrogens (tertiary/aromatic N) is 6. The molecule has 0 bridgehead atoms. The molecule has 0 radical (unpaired) electrons. The first kappa shape index (κ1) is 17.7. The molecule has 0 aromatic rings. The molecule has 120 valence electrons. The van der Waals surface area contributed by atoms with Crippen LogP contribution in [0.1, 0.15) is 77.0 Å². The van der Waals surface area contributed by atoms with Gasteiger partial charge in [0, 0.05) is 6.54 Å². The molecule has 0 fully saturated rings. The third-order valence-corrected chi connectivity index (χ3v) is 3.60. The molecule has 0 aromatic carbocycles. The van der Waals surface area contributed by atoms with Gasteiger partial charge < -0.3 is 0 Å². The number of nitrogens with one attached hydrogen (secondary N) is 1. The van der Waals surface area contributed by atoms with Crippen molar-refractivity contribution < 1.29 is 0 Å². The van der Waals surface area contributed by atoms with Gasteiger partial charge in [-0.1, -0.05) is 69.4 Å². The monoisotopic (exact) mass is 295 g/mol. The highest BCUT2D eigenvalue weighted by atomic mass is 15.6. The molecule has 1 rings (SSSR count). The maximum atomic E-state index is 3.92. The summed E-state index contributed by atoms with van der Waals surface area (Å²) in [4.78, 5) is 0. The molecule has 0 atom stereocenters. The molecule has 0 spiro atoms. The molecular formula is C14H29N7. The quantitative estimate of drug-likeness (QED) is 0.639. The van der Waals surface area contributed by atoms with E-state index >= 15 is 0 Å². The third-order valence-electron chi connectivity index (χ3n) is 3.60. The Labute approximate surface area is 127 Å². The highest BCUT2D eigenvalue weighted by Gasteiger charge is 1.94. The van der Waals surface area contributed by atoms with Crippen LogP contribution in [0.5, 0.6) is 0 Å². The predicted octanol–water partition coefficient (Wildman–Crippen LogP) is 5.37. The van der Waals surface area contributed by atoms with Crippen LogP contribution >= 0.6 is 0 Å². The van der Waals surface area contributed by atoms with Crippen LogP contribution in [0.15, 0.2) is 31.2 Å². The Balaban J connectivity index is 2.17. The summed E-state index contributed by atoms with van der Waals surface area (Å²) < 4.78 is 0. The van der Waals surface area contributed by atoms with Crippen molar-refractivity contribution in [1.82, 2.24) is 5.43 Å². The van der Waals surface area contributed by atoms with Gasteiger partial charge in [-0.2, -0.15) is 5.11 Å². The van der Waals surface area contributed by atoms with Gasteiger partial charge >= 0.3 is 0 Å². The minimum atomic E-state index is 0.717. The largest absolute Gasteiger partial charge is 0.290 e. The van der Waals surface area contributed by atoms with Crippen LogP contribution in [0, 0.1) is 0 Å². The van der Waals surface area contributed by atoms with E-state index in [1.54, 1.807) is 0 Å². The lowest BCUT2D eigenvalue weighted by molar-refractivity contribution is 0.533. The first-order valence-corrected chi connectivity index (χ1v) is 8.39. The normalized spacial score (nSPS) is 25.9. The molecule has 1 aliphatic heterocycles. The zero-order valence-corrected chi connectivity index (χ0v) is 13.1. The standard InChI is InChI=1S/C14H29N7/c1-2-4-6-8-10-12-14-16-18-20-21-19-17-15-13-11-9-7-5-3-1/h1-14H2,(H,15,16,19,20). The molecule has 0 saturated heterocycles. The molecular weight excluding hydrogens is 266 g/mol. The zero-order chi connectivity index (χ0) is 14.8. The maximum absolute atomic E-state index is 3.92. The fourth-order valence-electron chi connectivity index (χ4n) is 2.36. The van der Waals surface area contributed by atoms with Crippen molar-refractivity contribution in [3.05, 3.63) is 0 Å². The highest BCUT2D eigenvalue weighted by molar-refractivity contribution is 4.50. The summed E-state index contributed by atoms with van der Waals surface area (Å²) in [7, 11) is 0. The fourth-order valence-corrected chi connectivity index (χ4v) is 2.36. The maximum Gasteiger partial charge on any atom is 0.0621 e. The molecule has 1 aliphatic rings. The first-order chi connectivity index (χ1) is 10.5. The average Bonchev–Trinajstić information content (AvgIpc) is 2.50. The van der Waals surface area contributed by atoms with Gasteiger partial charge in [-0.3, -0.25) is 5.43 Å². The second-order valence-corrected chi connectivity index (χ2v) is 5.47. The van der Waals surface area contributed by atoms with Crippen LogP contribution in [-0.2, 0) is 0 Å². The lowest BCUT2D eigenvalue weighted by Gasteiger charge is -2.02. The van der Waals surface area contributed by atoms with Crippen LogP contribution in [0.4, 0.5) is 0 Å². The Morgan fingerprint density at radius 1 is 0.476 bits per heavy atom. The van der Waals surface area contributed by atoms with Crippen molar-refractivity contribution in [2.75, 3.05) is 13.1 Å². The second-order valence-electron chi connectivity index (χ2n) is 5.47. The summed E-state index contributed by atoms with van der Waals surface area (Å²) in [6.45, 7) is 1.55. The summed E-state index contributed by atoms with van der Waals surface area (Å²) in [6, 6.07) is 0. The van der Waals surface area contributed by atoms with Gasteiger partial charge in [-0.25, -0.2) is 0 Å². The Morgan fingerprint density at radius 3 is 1.67 bits per heavy atom. The van der Waals surface area contributed by atoms with Gasteiger partial charge in [0.2, 0.25) is 0 Å². The van der Waals surface area contributed by atoms with Crippen molar-refractivity contribution >= 4 is 0 Å². The number of rotatable bonds is 0. The summed E-state index contributed by atoms with van der Waals surface area (Å²) in [6.07, 6.45) is 15.5. The van der Waals surface area contributed by atoms with E-state index in [4.69, 9.17) is 0 Å². The summed E-state index contributed by atoms with van der Waals surface area (Å²) in [5, 5.41) is 21.6. The van der Waals surface area contributed by atoms with E-state index in [2.05, 4.69) is 36.7 Å². The zero-order valence-electron chi connectivity index (χ0n) is 13.1. The van der Waals surface area contributed by atoms with E-state index in [1.807, 2.05) is 0 Å². The predicted molar refractivity (Wildman–Crippen MR) is 82.8 cm³/mol. The first-order valence-electron chi connectivity index (χ1n) is 8.39. The Bertz CT molecular complexity index is 274. The Hall–Kier alpha value is -1.40. The third kappa shape index (κ3) is 13.3. The van der Waals surface area contributed by atoms with Crippen molar-refractivity contribution in [2.24, 2.45) is 31.2 Å². The topological polar surface area (TPSA) is 86.2 Å². The Kier molecular flexibility index (Phi) is 12.6. The van der Waals surface area contributed by atoms with Crippen molar-refractivity contribution in [2.45, 2.75) is 77.0 Å². The molecule has 7 nitrogen and oxygen atoms in total. The van der Waals surface area contributed by atoms with Crippen molar-refractivity contribution in [1.29, 1.82) is 0 Å². The van der Waals surface area contributed by atoms with Gasteiger partial charge in [-0.15, -0.1) is 0 Å². The van der Waals surface area contributed by atoms with Crippen LogP contribution in [0.3, 0.4) is 0 Å². The summed E-state index contributed by atoms with van der Waals surface area (Å²) in [5.74, 6) is 0. The number of hydrogen-bond donors (Lipinski definition) is 1. The fraction of sp³-hybridized carbons (Fsp3) is 1.00. The minimum absolute atomic E-state index is 0.717. The Morgan fingerprint density at radius 2 is 1.00 bits per heavy atom. The SMILES string of the molecule is C1CCCCCCCN\N=N/N=N/N=N/CCCCCC1. The van der Waals surface area contributed by atoms with Crippen LogP contribution in [0.2, 0.25) is 0 Å². The van der Waals surface area contributed by atoms with Gasteiger partial charge in [0.15, 0.2) is 0 Å². The van der Waals surface area contributed by atoms with Crippen molar-refractivity contribution in [3.63, 3.8) is 0 Å². The van der Waals surface area contributed by atoms with E-state index in [0.29, 0.717) is 6.54 Å². The van der Waals surface area contributed by atoms with Gasteiger partial charge in [0.1, 0.15) is 0 Å². The minimum Gasteiger partial charge on any atom is -0.290 e. The van der Waals surface area contributed by atoms with Crippen molar-refractivity contribution in [3.8, 4) is 0 Å². The van der Waals surface area contributed by atoms with Gasteiger partial charge in [0.05, 0.1) is 6.54 Å². The molecule has 0 unspecified atom stereocenters. The van der Waals surface area contributed by atoms with Crippen LogP contribution in [0.25, 0.3) is 0 Å². The summed E-state index contributed by atoms with van der Waals surface area (Å²) >= 11 is 0. The van der Waals surface area contributed by atoms with E-state index in [0.717, 1.165) is 19.4 Å². The molecule has 0 aliphatic carbocycles. The van der Waals surface area contributed by atoms with E-state index in [9.17, 15) is 0 Å². The molecule has 0 amide bonds. The average molecular weight is 295 g/mol. The van der Waals surface area contributed by atoms with E-state index in [1.165, 1.54) is 64.2 Å². The molecule has 0 saturated carbocycles. The highest BCUT2D eigenvalue weighted by Crippen LogP contribution is 2.12. The smallest absolute Gasteiger partial charge is 0.0621 e. The van der Waals surface area contributed by atoms with E-state index < -0.39 is 0 Å². The molecule has 21 heavy (non-hydrogen) atoms.